The fraction of sp³-hybridized carbons (Fsp3) is 0.560. The molecule has 0 unspecified atom stereocenters. The number of aromatic nitrogens is 1. The van der Waals surface area contributed by atoms with Crippen LogP contribution >= 0.6 is 0 Å². The van der Waals surface area contributed by atoms with Gasteiger partial charge in [-0.15, -0.1) is 0 Å². The van der Waals surface area contributed by atoms with E-state index >= 15 is 0 Å². The third-order valence-corrected chi connectivity index (χ3v) is 3.94. The zero-order valence-corrected chi connectivity index (χ0v) is 20.3. The van der Waals surface area contributed by atoms with Gasteiger partial charge in [-0.25, -0.2) is 0 Å². The highest BCUT2D eigenvalue weighted by molar-refractivity contribution is 5.48. The molecule has 0 fully saturated rings. The lowest BCUT2D eigenvalue weighted by molar-refractivity contribution is 1.13. The molecular formula is C25H47N. The van der Waals surface area contributed by atoms with Crippen LogP contribution in [-0.2, 0) is 0 Å². The van der Waals surface area contributed by atoms with Crippen LogP contribution in [0.25, 0.3) is 0 Å². The molecule has 26 heavy (non-hydrogen) atoms. The van der Waals surface area contributed by atoms with E-state index in [2.05, 4.69) is 46.5 Å². The fourth-order valence-corrected chi connectivity index (χ4v) is 2.00. The Morgan fingerprint density at radius 1 is 0.385 bits per heavy atom. The van der Waals surface area contributed by atoms with Gasteiger partial charge in [0.1, 0.15) is 0 Å². The van der Waals surface area contributed by atoms with Crippen LogP contribution in [0, 0.1) is 41.5 Å². The summed E-state index contributed by atoms with van der Waals surface area (Å²) in [4.78, 5) is 3.78. The summed E-state index contributed by atoms with van der Waals surface area (Å²) in [5, 5.41) is 0. The minimum atomic E-state index is 1.45. The highest BCUT2D eigenvalue weighted by atomic mass is 14.6. The van der Waals surface area contributed by atoms with Gasteiger partial charge < -0.3 is 0 Å². The number of pyridine rings is 1. The minimum Gasteiger partial charge on any atom is -0.265 e. The van der Waals surface area contributed by atoms with Gasteiger partial charge in [-0.05, 0) is 87.1 Å². The summed E-state index contributed by atoms with van der Waals surface area (Å²) in [6, 6.07) is 5.72. The Labute approximate surface area is 166 Å². The third-order valence-electron chi connectivity index (χ3n) is 3.94. The van der Waals surface area contributed by atoms with Crippen LogP contribution in [0.15, 0.2) is 30.6 Å². The molecule has 0 saturated carbocycles. The van der Waals surface area contributed by atoms with E-state index in [4.69, 9.17) is 0 Å². The Bertz CT molecular complexity index is 382. The second kappa shape index (κ2) is 23.4. The predicted molar refractivity (Wildman–Crippen MR) is 124 cm³/mol. The summed E-state index contributed by atoms with van der Waals surface area (Å²) in [7, 11) is 0. The molecule has 2 aromatic rings. The molecular weight excluding hydrogens is 314 g/mol. The van der Waals surface area contributed by atoms with Gasteiger partial charge in [0.25, 0.3) is 0 Å². The first kappa shape index (κ1) is 32.1. The molecule has 152 valence electrons. The van der Waals surface area contributed by atoms with Gasteiger partial charge in [-0.1, -0.05) is 61.5 Å². The standard InChI is InChI=1S/C12H18.C5H5N.4C2H6/c1-7-8(2)10(4)12(6)11(5)9(7)3;1-2-4-6-5-3-1;4*1-2/h1-6H3;1-5H;4*1-2H3. The van der Waals surface area contributed by atoms with Gasteiger partial charge in [-0.3, -0.25) is 4.98 Å². The molecule has 1 nitrogen and oxygen atoms in total. The lowest BCUT2D eigenvalue weighted by Crippen LogP contribution is -1.98. The first-order chi connectivity index (χ1) is 12.5. The highest BCUT2D eigenvalue weighted by Crippen LogP contribution is 2.24. The van der Waals surface area contributed by atoms with E-state index in [1.54, 1.807) is 12.4 Å². The lowest BCUT2D eigenvalue weighted by atomic mass is 9.90. The van der Waals surface area contributed by atoms with E-state index < -0.39 is 0 Å². The van der Waals surface area contributed by atoms with Crippen LogP contribution in [0.2, 0.25) is 0 Å². The van der Waals surface area contributed by atoms with Crippen molar-refractivity contribution in [1.29, 1.82) is 0 Å². The average molecular weight is 362 g/mol. The van der Waals surface area contributed by atoms with Crippen molar-refractivity contribution in [2.45, 2.75) is 96.9 Å². The van der Waals surface area contributed by atoms with Crippen molar-refractivity contribution >= 4 is 0 Å². The predicted octanol–water partition coefficient (Wildman–Crippen LogP) is 8.72. The van der Waals surface area contributed by atoms with E-state index in [1.165, 1.54) is 33.4 Å². The first-order valence-electron chi connectivity index (χ1n) is 10.3. The maximum atomic E-state index is 3.78. The second-order valence-electron chi connectivity index (χ2n) is 4.77. The largest absolute Gasteiger partial charge is 0.265 e. The van der Waals surface area contributed by atoms with Gasteiger partial charge in [0.2, 0.25) is 0 Å². The van der Waals surface area contributed by atoms with E-state index in [0.29, 0.717) is 0 Å². The number of hydrogen-bond donors (Lipinski definition) is 0. The van der Waals surface area contributed by atoms with Crippen molar-refractivity contribution in [3.05, 3.63) is 64.0 Å². The smallest absolute Gasteiger partial charge is 0.0267 e. The van der Waals surface area contributed by atoms with Gasteiger partial charge >= 0.3 is 0 Å². The number of benzene rings is 1. The quantitative estimate of drug-likeness (QED) is 0.457. The van der Waals surface area contributed by atoms with Crippen LogP contribution in [-0.4, -0.2) is 4.98 Å². The second-order valence-corrected chi connectivity index (χ2v) is 4.77. The fourth-order valence-electron chi connectivity index (χ4n) is 2.00. The first-order valence-corrected chi connectivity index (χ1v) is 10.3. The molecule has 0 amide bonds. The molecule has 0 spiro atoms. The zero-order valence-electron chi connectivity index (χ0n) is 20.3. The van der Waals surface area contributed by atoms with Crippen LogP contribution in [0.4, 0.5) is 0 Å². The normalized spacial score (nSPS) is 7.62. The molecule has 1 heterocycles. The number of hydrogen-bond acceptors (Lipinski definition) is 1. The molecule has 0 saturated heterocycles. The molecule has 1 heteroatoms. The van der Waals surface area contributed by atoms with Crippen LogP contribution < -0.4 is 0 Å². The topological polar surface area (TPSA) is 12.9 Å². The summed E-state index contributed by atoms with van der Waals surface area (Å²) < 4.78 is 0. The molecule has 0 N–H and O–H groups in total. The summed E-state index contributed by atoms with van der Waals surface area (Å²) in [5.74, 6) is 0. The van der Waals surface area contributed by atoms with Crippen molar-refractivity contribution in [3.63, 3.8) is 0 Å². The Morgan fingerprint density at radius 2 is 0.577 bits per heavy atom. The van der Waals surface area contributed by atoms with Crippen molar-refractivity contribution in [2.75, 3.05) is 0 Å². The summed E-state index contributed by atoms with van der Waals surface area (Å²) in [6.07, 6.45) is 3.50. The zero-order chi connectivity index (χ0) is 21.7. The molecule has 0 radical (unpaired) electrons. The van der Waals surface area contributed by atoms with Crippen LogP contribution in [0.5, 0.6) is 0 Å². The van der Waals surface area contributed by atoms with Gasteiger partial charge in [-0.2, -0.15) is 0 Å². The lowest BCUT2D eigenvalue weighted by Gasteiger charge is -2.15. The Balaban J connectivity index is -0.000000146. The maximum absolute atomic E-state index is 3.78. The van der Waals surface area contributed by atoms with Crippen molar-refractivity contribution < 1.29 is 0 Å². The Kier molecular flexibility index (Phi) is 28.8. The van der Waals surface area contributed by atoms with Gasteiger partial charge in [0.15, 0.2) is 0 Å². The Hall–Kier alpha value is -1.63. The van der Waals surface area contributed by atoms with Crippen LogP contribution in [0.3, 0.4) is 0 Å². The van der Waals surface area contributed by atoms with Crippen molar-refractivity contribution in [1.82, 2.24) is 4.98 Å². The third kappa shape index (κ3) is 12.7. The van der Waals surface area contributed by atoms with Crippen LogP contribution in [0.1, 0.15) is 88.8 Å². The number of nitrogens with zero attached hydrogens (tertiary/aromatic N) is 1. The Morgan fingerprint density at radius 3 is 0.654 bits per heavy atom. The molecule has 0 aliphatic carbocycles. The van der Waals surface area contributed by atoms with E-state index in [9.17, 15) is 0 Å². The van der Waals surface area contributed by atoms with E-state index in [1.807, 2.05) is 73.6 Å². The highest BCUT2D eigenvalue weighted by Gasteiger charge is 2.07. The minimum absolute atomic E-state index is 1.45. The van der Waals surface area contributed by atoms with E-state index in [-0.39, 0.29) is 0 Å². The summed E-state index contributed by atoms with van der Waals surface area (Å²) in [5.41, 5.74) is 8.73. The van der Waals surface area contributed by atoms with Gasteiger partial charge in [0, 0.05) is 12.4 Å². The molecule has 0 bridgehead atoms. The molecule has 0 atom stereocenters. The summed E-state index contributed by atoms with van der Waals surface area (Å²) >= 11 is 0. The van der Waals surface area contributed by atoms with E-state index in [0.717, 1.165) is 0 Å². The monoisotopic (exact) mass is 361 g/mol. The SMILES string of the molecule is CC.CC.CC.CC.Cc1c(C)c(C)c(C)c(C)c1C.c1ccncc1. The van der Waals surface area contributed by atoms with Crippen molar-refractivity contribution in [3.8, 4) is 0 Å². The molecule has 1 aromatic heterocycles. The molecule has 0 aliphatic heterocycles. The molecule has 1 aromatic carbocycles. The molecule has 0 aliphatic rings. The summed E-state index contributed by atoms with van der Waals surface area (Å²) in [6.45, 7) is 29.3. The molecule has 2 rings (SSSR count). The van der Waals surface area contributed by atoms with Crippen molar-refractivity contribution in [2.24, 2.45) is 0 Å². The average Bonchev–Trinajstić information content (AvgIpc) is 2.77. The van der Waals surface area contributed by atoms with Gasteiger partial charge in [0.05, 0.1) is 0 Å². The maximum Gasteiger partial charge on any atom is 0.0267 e. The number of rotatable bonds is 0.